The molecule has 0 aromatic carbocycles. The molecule has 0 rings (SSSR count). The molecule has 0 atom stereocenters. The number of unbranched alkanes of at least 4 members (excludes halogenated alkanes) is 3. The average Bonchev–Trinajstić information content (AvgIpc) is 2.16. The van der Waals surface area contributed by atoms with Crippen LogP contribution >= 0.6 is 0 Å². The Labute approximate surface area is 90.2 Å². The monoisotopic (exact) mass is 239 g/mol. The van der Waals surface area contributed by atoms with Crippen molar-refractivity contribution in [3.8, 4) is 0 Å². The molecule has 1 N–H and O–H groups in total. The zero-order valence-electron chi connectivity index (χ0n) is 8.99. The second-order valence-corrected chi connectivity index (χ2v) is 4.28. The lowest BCUT2D eigenvalue weighted by Crippen LogP contribution is -2.32. The first-order chi connectivity index (χ1) is 7.02. The van der Waals surface area contributed by atoms with Gasteiger partial charge in [-0.15, -0.1) is 0 Å². The molecule has 0 saturated heterocycles. The first-order valence-electron chi connectivity index (χ1n) is 4.77. The molecule has 15 heavy (non-hydrogen) atoms. The van der Waals surface area contributed by atoms with Crippen LogP contribution in [-0.4, -0.2) is 28.2 Å². The quantitative estimate of drug-likeness (QED) is 0.675. The summed E-state index contributed by atoms with van der Waals surface area (Å²) < 4.78 is 32.2. The molecule has 0 fully saturated rings. The summed E-state index contributed by atoms with van der Waals surface area (Å²) in [5.74, 6) is 0. The maximum absolute atomic E-state index is 11.0. The van der Waals surface area contributed by atoms with Crippen molar-refractivity contribution >= 4 is 16.4 Å². The van der Waals surface area contributed by atoms with Crippen molar-refractivity contribution in [3.05, 3.63) is 0 Å². The molecule has 0 saturated carbocycles. The number of methoxy groups -OCH3 is 1. The van der Waals surface area contributed by atoms with Crippen LogP contribution in [0.25, 0.3) is 0 Å². The first kappa shape index (κ1) is 14.2. The van der Waals surface area contributed by atoms with Gasteiger partial charge in [-0.2, -0.15) is 13.1 Å². The topological polar surface area (TPSA) is 81.7 Å². The zero-order chi connectivity index (χ0) is 11.7. The van der Waals surface area contributed by atoms with Crippen molar-refractivity contribution < 1.29 is 22.1 Å². The molecule has 0 aliphatic carbocycles. The average molecular weight is 239 g/mol. The minimum Gasteiger partial charge on any atom is -0.452 e. The minimum absolute atomic E-state index is 0.0757. The fraction of sp³-hybridized carbons (Fsp3) is 0.875. The molecule has 0 aromatic rings. The number of carbonyl (C=O) groups is 1. The summed E-state index contributed by atoms with van der Waals surface area (Å²) in [6, 6.07) is 0. The molecule has 6 nitrogen and oxygen atoms in total. The van der Waals surface area contributed by atoms with Crippen molar-refractivity contribution in [1.29, 1.82) is 0 Å². The Balaban J connectivity index is 3.70. The van der Waals surface area contributed by atoms with Gasteiger partial charge in [0.25, 0.3) is 0 Å². The predicted molar refractivity (Wildman–Crippen MR) is 54.6 cm³/mol. The summed E-state index contributed by atoms with van der Waals surface area (Å²) in [4.78, 5) is 10.6. The van der Waals surface area contributed by atoms with E-state index in [2.05, 4.69) is 15.8 Å². The van der Waals surface area contributed by atoms with Gasteiger partial charge < -0.3 is 4.74 Å². The van der Waals surface area contributed by atoms with Gasteiger partial charge in [0.05, 0.1) is 13.7 Å². The van der Waals surface area contributed by atoms with Crippen LogP contribution in [-0.2, 0) is 19.2 Å². The molecule has 0 unspecified atom stereocenters. The molecular weight excluding hydrogens is 222 g/mol. The van der Waals surface area contributed by atoms with Gasteiger partial charge in [-0.1, -0.05) is 26.2 Å². The molecule has 0 aliphatic rings. The lowest BCUT2D eigenvalue weighted by atomic mass is 10.2. The van der Waals surface area contributed by atoms with E-state index in [0.717, 1.165) is 26.4 Å². The highest BCUT2D eigenvalue weighted by Gasteiger charge is 2.14. The number of nitrogens with one attached hydrogen (secondary N) is 1. The van der Waals surface area contributed by atoms with Gasteiger partial charge >= 0.3 is 16.4 Å². The Bertz CT molecular complexity index is 275. The Morgan fingerprint density at radius 1 is 1.27 bits per heavy atom. The van der Waals surface area contributed by atoms with E-state index in [0.29, 0.717) is 6.42 Å². The summed E-state index contributed by atoms with van der Waals surface area (Å²) in [6.07, 6.45) is 2.60. The van der Waals surface area contributed by atoms with E-state index in [1.165, 1.54) is 0 Å². The number of ether oxygens (including phenoxy) is 1. The normalized spacial score (nSPS) is 11.1. The van der Waals surface area contributed by atoms with Crippen molar-refractivity contribution in [3.63, 3.8) is 0 Å². The molecule has 1 amide bonds. The van der Waals surface area contributed by atoms with Crippen molar-refractivity contribution in [2.75, 3.05) is 13.7 Å². The van der Waals surface area contributed by atoms with E-state index in [1.54, 1.807) is 4.72 Å². The Hall–Kier alpha value is -0.820. The van der Waals surface area contributed by atoms with E-state index in [9.17, 15) is 13.2 Å². The van der Waals surface area contributed by atoms with Gasteiger partial charge in [-0.05, 0) is 6.42 Å². The highest BCUT2D eigenvalue weighted by atomic mass is 32.2. The molecule has 0 aromatic heterocycles. The van der Waals surface area contributed by atoms with Crippen LogP contribution in [0.1, 0.15) is 32.6 Å². The standard InChI is InChI=1S/C8H17NO5S/c1-3-4-5-6-7-14-15(11,12)9-8(10)13-2/h3-7H2,1-2H3,(H,9,10). The summed E-state index contributed by atoms with van der Waals surface area (Å²) >= 11 is 0. The molecular formula is C8H17NO5S. The van der Waals surface area contributed by atoms with E-state index in [4.69, 9.17) is 0 Å². The van der Waals surface area contributed by atoms with Crippen molar-refractivity contribution in [1.82, 2.24) is 4.72 Å². The molecule has 0 aliphatic heterocycles. The molecule has 7 heteroatoms. The van der Waals surface area contributed by atoms with E-state index >= 15 is 0 Å². The number of hydrogen-bond acceptors (Lipinski definition) is 5. The maximum Gasteiger partial charge on any atom is 0.422 e. The third kappa shape index (κ3) is 8.19. The van der Waals surface area contributed by atoms with E-state index < -0.39 is 16.4 Å². The molecule has 0 radical (unpaired) electrons. The minimum atomic E-state index is -4.00. The second kappa shape index (κ2) is 7.47. The van der Waals surface area contributed by atoms with Crippen LogP contribution in [0.3, 0.4) is 0 Å². The third-order valence-corrected chi connectivity index (χ3v) is 2.52. The van der Waals surface area contributed by atoms with Gasteiger partial charge in [-0.3, -0.25) is 4.18 Å². The number of amides is 1. The Morgan fingerprint density at radius 3 is 2.47 bits per heavy atom. The SMILES string of the molecule is CCCCCCOS(=O)(=O)NC(=O)OC. The van der Waals surface area contributed by atoms with Crippen LogP contribution in [0.4, 0.5) is 4.79 Å². The molecule has 0 bridgehead atoms. The van der Waals surface area contributed by atoms with Crippen LogP contribution in [0.2, 0.25) is 0 Å². The predicted octanol–water partition coefficient (Wildman–Crippen LogP) is 1.18. The summed E-state index contributed by atoms with van der Waals surface area (Å²) in [6.45, 7) is 2.13. The second-order valence-electron chi connectivity index (χ2n) is 2.93. The van der Waals surface area contributed by atoms with E-state index in [-0.39, 0.29) is 6.61 Å². The lowest BCUT2D eigenvalue weighted by Gasteiger charge is -2.05. The summed E-state index contributed by atoms with van der Waals surface area (Å²) in [5.41, 5.74) is 0. The van der Waals surface area contributed by atoms with Crippen LogP contribution in [0, 0.1) is 0 Å². The smallest absolute Gasteiger partial charge is 0.422 e. The highest BCUT2D eigenvalue weighted by molar-refractivity contribution is 7.85. The van der Waals surface area contributed by atoms with Crippen LogP contribution < -0.4 is 4.72 Å². The Morgan fingerprint density at radius 2 is 1.93 bits per heavy atom. The van der Waals surface area contributed by atoms with Gasteiger partial charge in [-0.25, -0.2) is 4.79 Å². The van der Waals surface area contributed by atoms with E-state index in [1.807, 2.05) is 0 Å². The van der Waals surface area contributed by atoms with Gasteiger partial charge in [0.2, 0.25) is 0 Å². The van der Waals surface area contributed by atoms with Crippen molar-refractivity contribution in [2.24, 2.45) is 0 Å². The molecule has 0 spiro atoms. The fourth-order valence-corrected chi connectivity index (χ4v) is 1.55. The Kier molecular flexibility index (Phi) is 7.06. The van der Waals surface area contributed by atoms with Crippen molar-refractivity contribution in [2.45, 2.75) is 32.6 Å². The van der Waals surface area contributed by atoms with Crippen LogP contribution in [0.15, 0.2) is 0 Å². The van der Waals surface area contributed by atoms with Gasteiger partial charge in [0, 0.05) is 0 Å². The first-order valence-corrected chi connectivity index (χ1v) is 6.17. The highest BCUT2D eigenvalue weighted by Crippen LogP contribution is 2.00. The number of rotatable bonds is 7. The molecule has 90 valence electrons. The van der Waals surface area contributed by atoms with Gasteiger partial charge in [0.1, 0.15) is 0 Å². The number of carbonyl (C=O) groups excluding carboxylic acids is 1. The lowest BCUT2D eigenvalue weighted by molar-refractivity contribution is 0.175. The number of hydrogen-bond donors (Lipinski definition) is 1. The van der Waals surface area contributed by atoms with Gasteiger partial charge in [0.15, 0.2) is 0 Å². The van der Waals surface area contributed by atoms with Crippen LogP contribution in [0.5, 0.6) is 0 Å². The summed E-state index contributed by atoms with van der Waals surface area (Å²) in [5, 5.41) is 0. The fourth-order valence-electron chi connectivity index (χ4n) is 0.871. The maximum atomic E-state index is 11.0. The largest absolute Gasteiger partial charge is 0.452 e. The zero-order valence-corrected chi connectivity index (χ0v) is 9.80. The summed E-state index contributed by atoms with van der Waals surface area (Å²) in [7, 11) is -2.93. The molecule has 0 heterocycles. The third-order valence-electron chi connectivity index (χ3n) is 1.63.